The first-order chi connectivity index (χ1) is 17.7. The van der Waals surface area contributed by atoms with Crippen LogP contribution in [0.3, 0.4) is 0 Å². The Morgan fingerprint density at radius 2 is 1.89 bits per heavy atom. The molecule has 0 unspecified atom stereocenters. The molecule has 0 aliphatic carbocycles. The second-order valence-electron chi connectivity index (χ2n) is 8.90. The Bertz CT molecular complexity index is 1470. The highest BCUT2D eigenvalue weighted by molar-refractivity contribution is 6.01. The van der Waals surface area contributed by atoms with Crippen LogP contribution in [-0.4, -0.2) is 68.0 Å². The van der Waals surface area contributed by atoms with Gasteiger partial charge in [0.1, 0.15) is 23.2 Å². The smallest absolute Gasteiger partial charge is 0.415 e. The summed E-state index contributed by atoms with van der Waals surface area (Å²) in [5.74, 6) is -1.28. The molecule has 1 amide bonds. The topological polar surface area (TPSA) is 98.1 Å². The van der Waals surface area contributed by atoms with Gasteiger partial charge in [0, 0.05) is 30.4 Å². The van der Waals surface area contributed by atoms with Crippen LogP contribution in [0.25, 0.3) is 33.5 Å². The van der Waals surface area contributed by atoms with Gasteiger partial charge >= 0.3 is 6.18 Å². The lowest BCUT2D eigenvalue weighted by Crippen LogP contribution is -2.61. The molecule has 4 aromatic rings. The minimum Gasteiger partial charge on any atom is -0.493 e. The number of pyridine rings is 1. The summed E-state index contributed by atoms with van der Waals surface area (Å²) in [6.07, 6.45) is -1.74. The highest BCUT2D eigenvalue weighted by Crippen LogP contribution is 2.44. The lowest BCUT2D eigenvalue weighted by Gasteiger charge is -2.36. The van der Waals surface area contributed by atoms with E-state index < -0.39 is 17.6 Å². The Labute approximate surface area is 210 Å². The molecule has 1 atom stereocenters. The average Bonchev–Trinajstić information content (AvgIpc) is 3.46. The van der Waals surface area contributed by atoms with Crippen molar-refractivity contribution in [2.75, 3.05) is 26.0 Å². The van der Waals surface area contributed by atoms with Crippen molar-refractivity contribution in [3.05, 3.63) is 48.9 Å². The van der Waals surface area contributed by atoms with Gasteiger partial charge in [-0.1, -0.05) is 30.3 Å². The molecule has 1 N–H and O–H groups in total. The fourth-order valence-corrected chi connectivity index (χ4v) is 4.82. The summed E-state index contributed by atoms with van der Waals surface area (Å²) >= 11 is 0. The van der Waals surface area contributed by atoms with Crippen molar-refractivity contribution in [3.63, 3.8) is 0 Å². The van der Waals surface area contributed by atoms with Gasteiger partial charge in [0.05, 0.1) is 12.6 Å². The molecule has 1 aliphatic rings. The van der Waals surface area contributed by atoms with E-state index in [1.807, 2.05) is 30.3 Å². The zero-order valence-corrected chi connectivity index (χ0v) is 20.4. The number of hydrogen-bond acceptors (Lipinski definition) is 7. The zero-order valence-electron chi connectivity index (χ0n) is 20.4. The number of benzene rings is 1. The van der Waals surface area contributed by atoms with E-state index in [0.717, 1.165) is 10.5 Å². The number of carbonyl (C=O) groups excluding carboxylic acids is 1. The number of hydrogen-bond donors (Lipinski definition) is 1. The van der Waals surface area contributed by atoms with Crippen LogP contribution in [0.5, 0.6) is 5.75 Å². The van der Waals surface area contributed by atoms with Gasteiger partial charge in [-0.15, -0.1) is 0 Å². The number of fused-ring (bicyclic) bond motifs is 1. The molecule has 0 bridgehead atoms. The van der Waals surface area contributed by atoms with Crippen LogP contribution in [0.2, 0.25) is 0 Å². The molecule has 5 rings (SSSR count). The standard InChI is InChI=1S/C25H24F3N7O2/c1-34-11-7-10-24(34,25(26,27)28)23(36)32-22-18(37-3)12-17-21(31-22)20(30-14-29-17)16-13-35(2)33-19(16)15-8-5-4-6-9-15/h4-6,8-9,12-14H,7,10-11H2,1-3H3,(H,31,32,36)/t24-/m1/s1. The monoisotopic (exact) mass is 511 g/mol. The number of nitrogens with zero attached hydrogens (tertiary/aromatic N) is 6. The number of likely N-dealkylation sites (tertiary alicyclic amines) is 1. The van der Waals surface area contributed by atoms with Gasteiger partial charge in [-0.25, -0.2) is 15.0 Å². The third kappa shape index (κ3) is 4.06. The number of alkyl halides is 3. The van der Waals surface area contributed by atoms with Crippen LogP contribution in [0, 0.1) is 0 Å². The molecular formula is C25H24F3N7O2. The van der Waals surface area contributed by atoms with Crippen molar-refractivity contribution in [1.82, 2.24) is 29.6 Å². The number of halogens is 3. The Morgan fingerprint density at radius 3 is 2.54 bits per heavy atom. The number of rotatable bonds is 5. The number of methoxy groups -OCH3 is 1. The molecule has 1 fully saturated rings. The number of carbonyl (C=O) groups is 1. The van der Waals surface area contributed by atoms with Gasteiger partial charge < -0.3 is 10.1 Å². The van der Waals surface area contributed by atoms with E-state index in [4.69, 9.17) is 4.74 Å². The Balaban J connectivity index is 1.64. The summed E-state index contributed by atoms with van der Waals surface area (Å²) in [6.45, 7) is 0.149. The molecule has 3 aromatic heterocycles. The lowest BCUT2D eigenvalue weighted by atomic mass is 9.94. The SMILES string of the molecule is COc1cc2ncnc(-c3cn(C)nc3-c3ccccc3)c2nc1NC(=O)[C@@]1(C(F)(F)F)CCCN1C. The van der Waals surface area contributed by atoms with Crippen LogP contribution in [0.1, 0.15) is 12.8 Å². The van der Waals surface area contributed by atoms with Gasteiger partial charge in [0.25, 0.3) is 5.91 Å². The largest absolute Gasteiger partial charge is 0.493 e. The van der Waals surface area contributed by atoms with Gasteiger partial charge in [0.15, 0.2) is 17.1 Å². The van der Waals surface area contributed by atoms with E-state index in [0.29, 0.717) is 22.5 Å². The fraction of sp³-hybridized carbons (Fsp3) is 0.320. The van der Waals surface area contributed by atoms with Gasteiger partial charge in [-0.05, 0) is 26.4 Å². The Hall–Kier alpha value is -4.06. The van der Waals surface area contributed by atoms with Gasteiger partial charge in [-0.3, -0.25) is 14.4 Å². The van der Waals surface area contributed by atoms with Crippen molar-refractivity contribution >= 4 is 22.8 Å². The number of aryl methyl sites for hydroxylation is 1. The molecule has 0 saturated carbocycles. The molecule has 0 spiro atoms. The Morgan fingerprint density at radius 1 is 1.14 bits per heavy atom. The summed E-state index contributed by atoms with van der Waals surface area (Å²) in [5, 5.41) is 6.96. The number of ether oxygens (including phenoxy) is 1. The summed E-state index contributed by atoms with van der Waals surface area (Å²) in [7, 11) is 4.41. The molecule has 0 radical (unpaired) electrons. The van der Waals surface area contributed by atoms with Crippen LogP contribution in [-0.2, 0) is 11.8 Å². The fourth-order valence-electron chi connectivity index (χ4n) is 4.82. The number of amides is 1. The summed E-state index contributed by atoms with van der Waals surface area (Å²) in [5.41, 5.74) is 0.583. The molecule has 9 nitrogen and oxygen atoms in total. The van der Waals surface area contributed by atoms with E-state index in [2.05, 4.69) is 25.4 Å². The molecule has 1 aliphatic heterocycles. The quantitative estimate of drug-likeness (QED) is 0.431. The zero-order chi connectivity index (χ0) is 26.4. The summed E-state index contributed by atoms with van der Waals surface area (Å²) < 4.78 is 49.5. The Kier molecular flexibility index (Phi) is 6.06. The van der Waals surface area contributed by atoms with E-state index in [-0.39, 0.29) is 36.5 Å². The average molecular weight is 512 g/mol. The minimum absolute atomic E-state index is 0.0814. The van der Waals surface area contributed by atoms with Gasteiger partial charge in [0.2, 0.25) is 0 Å². The molecule has 1 saturated heterocycles. The van der Waals surface area contributed by atoms with E-state index in [1.54, 1.807) is 17.9 Å². The molecule has 12 heteroatoms. The maximum Gasteiger partial charge on any atom is 0.415 e. The molecule has 4 heterocycles. The van der Waals surface area contributed by atoms with Crippen molar-refractivity contribution in [2.24, 2.45) is 7.05 Å². The van der Waals surface area contributed by atoms with Crippen LogP contribution in [0.4, 0.5) is 19.0 Å². The maximum atomic E-state index is 14.2. The molecular weight excluding hydrogens is 487 g/mol. The minimum atomic E-state index is -4.78. The second-order valence-corrected chi connectivity index (χ2v) is 8.90. The van der Waals surface area contributed by atoms with Crippen LogP contribution >= 0.6 is 0 Å². The maximum absolute atomic E-state index is 14.2. The third-order valence-electron chi connectivity index (χ3n) is 6.69. The first-order valence-electron chi connectivity index (χ1n) is 11.5. The molecule has 1 aromatic carbocycles. The van der Waals surface area contributed by atoms with Crippen LogP contribution < -0.4 is 10.1 Å². The van der Waals surface area contributed by atoms with Crippen molar-refractivity contribution in [2.45, 2.75) is 24.6 Å². The normalized spacial score (nSPS) is 18.3. The second kappa shape index (κ2) is 9.11. The van der Waals surface area contributed by atoms with E-state index in [9.17, 15) is 18.0 Å². The number of anilines is 1. The molecule has 37 heavy (non-hydrogen) atoms. The summed E-state index contributed by atoms with van der Waals surface area (Å²) in [6, 6.07) is 11.0. The first kappa shape index (κ1) is 24.6. The van der Waals surface area contributed by atoms with Crippen LogP contribution in [0.15, 0.2) is 48.9 Å². The van der Waals surface area contributed by atoms with Crippen molar-refractivity contribution in [3.8, 4) is 28.3 Å². The highest BCUT2D eigenvalue weighted by Gasteiger charge is 2.64. The number of likely N-dealkylation sites (N-methyl/N-ethyl adjacent to an activating group) is 1. The molecule has 192 valence electrons. The van der Waals surface area contributed by atoms with Crippen molar-refractivity contribution in [1.29, 1.82) is 0 Å². The van der Waals surface area contributed by atoms with E-state index >= 15 is 0 Å². The predicted molar refractivity (Wildman–Crippen MR) is 131 cm³/mol. The summed E-state index contributed by atoms with van der Waals surface area (Å²) in [4.78, 5) is 27.4. The highest BCUT2D eigenvalue weighted by atomic mass is 19.4. The van der Waals surface area contributed by atoms with Gasteiger partial charge in [-0.2, -0.15) is 18.3 Å². The number of nitrogens with one attached hydrogen (secondary N) is 1. The lowest BCUT2D eigenvalue weighted by molar-refractivity contribution is -0.215. The van der Waals surface area contributed by atoms with Crippen molar-refractivity contribution < 1.29 is 22.7 Å². The predicted octanol–water partition coefficient (Wildman–Crippen LogP) is 4.07. The van der Waals surface area contributed by atoms with E-state index in [1.165, 1.54) is 26.6 Å². The third-order valence-corrected chi connectivity index (χ3v) is 6.69. The first-order valence-corrected chi connectivity index (χ1v) is 11.5. The number of aromatic nitrogens is 5.